The average molecular weight is 190 g/mol. The van der Waals surface area contributed by atoms with E-state index in [9.17, 15) is 4.79 Å². The first-order valence-corrected chi connectivity index (χ1v) is 5.13. The molecule has 0 saturated carbocycles. The summed E-state index contributed by atoms with van der Waals surface area (Å²) in [7, 11) is 0. The van der Waals surface area contributed by atoms with E-state index in [1.807, 2.05) is 0 Å². The van der Waals surface area contributed by atoms with Crippen molar-refractivity contribution >= 4 is 17.7 Å². The second-order valence-corrected chi connectivity index (χ2v) is 4.01. The van der Waals surface area contributed by atoms with E-state index < -0.39 is 11.5 Å². The first kappa shape index (κ1) is 9.83. The van der Waals surface area contributed by atoms with Crippen molar-refractivity contribution in [2.75, 3.05) is 24.6 Å². The highest BCUT2D eigenvalue weighted by molar-refractivity contribution is 7.99. The molecule has 0 aromatic rings. The Balaban J connectivity index is 2.53. The maximum atomic E-state index is 10.9. The molecule has 4 nitrogen and oxygen atoms in total. The van der Waals surface area contributed by atoms with Crippen LogP contribution in [0.3, 0.4) is 0 Å². The Morgan fingerprint density at radius 1 is 1.75 bits per heavy atom. The Labute approximate surface area is 75.9 Å². The highest BCUT2D eigenvalue weighted by Crippen LogP contribution is 2.27. The molecule has 0 spiro atoms. The van der Waals surface area contributed by atoms with E-state index in [1.54, 1.807) is 11.8 Å². The van der Waals surface area contributed by atoms with Gasteiger partial charge >= 0.3 is 5.97 Å². The van der Waals surface area contributed by atoms with Crippen LogP contribution < -0.4 is 11.1 Å². The third-order valence-corrected chi connectivity index (χ3v) is 3.23. The quantitative estimate of drug-likeness (QED) is 0.557. The van der Waals surface area contributed by atoms with Crippen LogP contribution in [-0.4, -0.2) is 41.2 Å². The fourth-order valence-electron chi connectivity index (χ4n) is 1.26. The third kappa shape index (κ3) is 1.91. The molecular weight excluding hydrogens is 176 g/mol. The fourth-order valence-corrected chi connectivity index (χ4v) is 2.62. The summed E-state index contributed by atoms with van der Waals surface area (Å²) < 4.78 is 0. The Bertz CT molecular complexity index is 169. The van der Waals surface area contributed by atoms with Crippen LogP contribution in [-0.2, 0) is 4.79 Å². The zero-order chi connectivity index (χ0) is 9.03. The smallest absolute Gasteiger partial charge is 0.324 e. The number of carbonyl (C=O) groups is 1. The van der Waals surface area contributed by atoms with E-state index in [-0.39, 0.29) is 0 Å². The minimum absolute atomic E-state index is 0.486. The SMILES string of the molecule is NCCNC1(C(=O)O)CCSC1. The van der Waals surface area contributed by atoms with Crippen LogP contribution in [0.2, 0.25) is 0 Å². The van der Waals surface area contributed by atoms with Gasteiger partial charge in [0.15, 0.2) is 0 Å². The fraction of sp³-hybridized carbons (Fsp3) is 0.857. The summed E-state index contributed by atoms with van der Waals surface area (Å²) in [5, 5.41) is 12.0. The van der Waals surface area contributed by atoms with E-state index in [1.165, 1.54) is 0 Å². The number of carboxylic acids is 1. The van der Waals surface area contributed by atoms with Crippen LogP contribution in [0.15, 0.2) is 0 Å². The van der Waals surface area contributed by atoms with Gasteiger partial charge in [-0.3, -0.25) is 10.1 Å². The van der Waals surface area contributed by atoms with Crippen molar-refractivity contribution in [3.05, 3.63) is 0 Å². The van der Waals surface area contributed by atoms with Gasteiger partial charge in [0.1, 0.15) is 5.54 Å². The zero-order valence-corrected chi connectivity index (χ0v) is 7.69. The molecule has 1 fully saturated rings. The lowest BCUT2D eigenvalue weighted by Crippen LogP contribution is -2.53. The minimum atomic E-state index is -0.749. The van der Waals surface area contributed by atoms with Crippen molar-refractivity contribution in [1.82, 2.24) is 5.32 Å². The lowest BCUT2D eigenvalue weighted by molar-refractivity contribution is -0.143. The van der Waals surface area contributed by atoms with Crippen molar-refractivity contribution in [3.8, 4) is 0 Å². The van der Waals surface area contributed by atoms with Crippen molar-refractivity contribution in [2.24, 2.45) is 5.73 Å². The second kappa shape index (κ2) is 4.11. The Kier molecular flexibility index (Phi) is 3.37. The van der Waals surface area contributed by atoms with Gasteiger partial charge < -0.3 is 10.8 Å². The molecule has 70 valence electrons. The second-order valence-electron chi connectivity index (χ2n) is 2.91. The van der Waals surface area contributed by atoms with Crippen molar-refractivity contribution < 1.29 is 9.90 Å². The molecule has 1 atom stereocenters. The van der Waals surface area contributed by atoms with Gasteiger partial charge in [-0.05, 0) is 12.2 Å². The van der Waals surface area contributed by atoms with Gasteiger partial charge in [0.25, 0.3) is 0 Å². The van der Waals surface area contributed by atoms with E-state index in [0.29, 0.717) is 25.3 Å². The number of nitrogens with one attached hydrogen (secondary N) is 1. The van der Waals surface area contributed by atoms with E-state index >= 15 is 0 Å². The predicted octanol–water partition coefficient (Wildman–Crippen LogP) is -0.505. The van der Waals surface area contributed by atoms with Gasteiger partial charge in [-0.15, -0.1) is 0 Å². The Morgan fingerprint density at radius 2 is 2.50 bits per heavy atom. The van der Waals surface area contributed by atoms with Gasteiger partial charge in [-0.25, -0.2) is 0 Å². The van der Waals surface area contributed by atoms with Gasteiger partial charge in [0.2, 0.25) is 0 Å². The molecule has 1 rings (SSSR count). The topological polar surface area (TPSA) is 75.3 Å². The molecule has 1 aliphatic heterocycles. The summed E-state index contributed by atoms with van der Waals surface area (Å²) in [5.41, 5.74) is 4.60. The predicted molar refractivity (Wildman–Crippen MR) is 49.4 cm³/mol. The number of rotatable bonds is 4. The molecule has 1 saturated heterocycles. The highest BCUT2D eigenvalue weighted by atomic mass is 32.2. The maximum absolute atomic E-state index is 10.9. The number of hydrogen-bond donors (Lipinski definition) is 3. The summed E-state index contributed by atoms with van der Waals surface area (Å²) in [6.07, 6.45) is 0.701. The van der Waals surface area contributed by atoms with Gasteiger partial charge in [-0.2, -0.15) is 11.8 Å². The van der Waals surface area contributed by atoms with Gasteiger partial charge in [-0.1, -0.05) is 0 Å². The van der Waals surface area contributed by atoms with E-state index in [2.05, 4.69) is 5.32 Å². The molecule has 1 unspecified atom stereocenters. The van der Waals surface area contributed by atoms with Crippen molar-refractivity contribution in [2.45, 2.75) is 12.0 Å². The van der Waals surface area contributed by atoms with Crippen molar-refractivity contribution in [3.63, 3.8) is 0 Å². The lowest BCUT2D eigenvalue weighted by Gasteiger charge is -2.24. The molecule has 0 aromatic carbocycles. The Morgan fingerprint density at radius 3 is 2.92 bits per heavy atom. The summed E-state index contributed by atoms with van der Waals surface area (Å²) in [4.78, 5) is 10.9. The number of carboxylic acid groups (broad SMARTS) is 1. The monoisotopic (exact) mass is 190 g/mol. The third-order valence-electron chi connectivity index (χ3n) is 2.04. The molecule has 0 radical (unpaired) electrons. The number of aliphatic carboxylic acids is 1. The van der Waals surface area contributed by atoms with Crippen LogP contribution >= 0.6 is 11.8 Å². The molecule has 12 heavy (non-hydrogen) atoms. The zero-order valence-electron chi connectivity index (χ0n) is 6.88. The highest BCUT2D eigenvalue weighted by Gasteiger charge is 2.40. The van der Waals surface area contributed by atoms with Crippen molar-refractivity contribution in [1.29, 1.82) is 0 Å². The molecule has 4 N–H and O–H groups in total. The molecular formula is C7H14N2O2S. The number of nitrogens with two attached hydrogens (primary N) is 1. The van der Waals surface area contributed by atoms with Crippen LogP contribution in [0.25, 0.3) is 0 Å². The molecule has 0 aliphatic carbocycles. The van der Waals surface area contributed by atoms with Crippen LogP contribution in [0.4, 0.5) is 0 Å². The molecule has 0 amide bonds. The molecule has 1 aliphatic rings. The molecule has 1 heterocycles. The summed E-state index contributed by atoms with van der Waals surface area (Å²) in [6.45, 7) is 1.06. The van der Waals surface area contributed by atoms with Gasteiger partial charge in [0, 0.05) is 18.8 Å². The minimum Gasteiger partial charge on any atom is -0.480 e. The van der Waals surface area contributed by atoms with Crippen LogP contribution in [0.1, 0.15) is 6.42 Å². The average Bonchev–Trinajstić information content (AvgIpc) is 2.50. The number of thioether (sulfide) groups is 1. The Hall–Kier alpha value is -0.260. The normalized spacial score (nSPS) is 29.1. The van der Waals surface area contributed by atoms with E-state index in [0.717, 1.165) is 5.75 Å². The maximum Gasteiger partial charge on any atom is 0.324 e. The molecule has 0 bridgehead atoms. The first-order chi connectivity index (χ1) is 5.71. The van der Waals surface area contributed by atoms with E-state index in [4.69, 9.17) is 10.8 Å². The van der Waals surface area contributed by atoms with Crippen LogP contribution in [0.5, 0.6) is 0 Å². The lowest BCUT2D eigenvalue weighted by atomic mass is 9.99. The summed E-state index contributed by atoms with van der Waals surface area (Å²) >= 11 is 1.68. The number of hydrogen-bond acceptors (Lipinski definition) is 4. The molecule has 0 aromatic heterocycles. The van der Waals surface area contributed by atoms with Gasteiger partial charge in [0.05, 0.1) is 0 Å². The standard InChI is InChI=1S/C7H14N2O2S/c8-2-3-9-7(6(10)11)1-4-12-5-7/h9H,1-5,8H2,(H,10,11). The summed E-state index contributed by atoms with van der Waals surface area (Å²) in [6, 6.07) is 0. The molecule has 5 heteroatoms. The van der Waals surface area contributed by atoms with Crippen LogP contribution in [0, 0.1) is 0 Å². The first-order valence-electron chi connectivity index (χ1n) is 3.97. The largest absolute Gasteiger partial charge is 0.480 e. The summed E-state index contributed by atoms with van der Waals surface area (Å²) in [5.74, 6) is 0.826.